The number of carbonyl (C=O) groups is 1. The molecule has 2 aliphatic rings. The Hall–Kier alpha value is -3.13. The highest BCUT2D eigenvalue weighted by Gasteiger charge is 2.39. The van der Waals surface area contributed by atoms with E-state index in [9.17, 15) is 4.79 Å². The Morgan fingerprint density at radius 1 is 1.15 bits per heavy atom. The van der Waals surface area contributed by atoms with Gasteiger partial charge in [0, 0.05) is 24.8 Å². The first-order valence-corrected chi connectivity index (χ1v) is 13.2. The quantitative estimate of drug-likeness (QED) is 0.312. The number of carbonyl (C=O) groups excluding carboxylic acids is 1. The lowest BCUT2D eigenvalue weighted by atomic mass is 9.95. The number of rotatable bonds is 7. The number of hydrogen-bond acceptors (Lipinski definition) is 6. The second-order valence-corrected chi connectivity index (χ2v) is 10.4. The summed E-state index contributed by atoms with van der Waals surface area (Å²) in [7, 11) is 0. The molecule has 6 rings (SSSR count). The van der Waals surface area contributed by atoms with Gasteiger partial charge in [0.15, 0.2) is 0 Å². The zero-order valence-electron chi connectivity index (χ0n) is 19.6. The van der Waals surface area contributed by atoms with Crippen molar-refractivity contribution in [3.05, 3.63) is 41.4 Å². The third-order valence-corrected chi connectivity index (χ3v) is 8.39. The molecule has 34 heavy (non-hydrogen) atoms. The Balaban J connectivity index is 1.32. The SMILES string of the molecule is CCN(CC)c1cc2nc(NC3CC4CCC3C4)[nH]c2cc1C(=O)Nc1ccc2ncsc2c1. The van der Waals surface area contributed by atoms with Crippen molar-refractivity contribution in [3.8, 4) is 0 Å². The van der Waals surface area contributed by atoms with Gasteiger partial charge in [0.2, 0.25) is 5.95 Å². The molecule has 176 valence electrons. The molecule has 2 aromatic carbocycles. The summed E-state index contributed by atoms with van der Waals surface area (Å²) in [5, 5.41) is 6.75. The normalized spacial score (nSPS) is 21.4. The maximum Gasteiger partial charge on any atom is 0.257 e. The van der Waals surface area contributed by atoms with Gasteiger partial charge in [-0.25, -0.2) is 9.97 Å². The van der Waals surface area contributed by atoms with E-state index in [1.807, 2.05) is 35.8 Å². The first-order chi connectivity index (χ1) is 16.6. The smallest absolute Gasteiger partial charge is 0.257 e. The van der Waals surface area contributed by atoms with Crippen LogP contribution in [-0.4, -0.2) is 40.0 Å². The van der Waals surface area contributed by atoms with Gasteiger partial charge in [-0.3, -0.25) is 4.79 Å². The van der Waals surface area contributed by atoms with Gasteiger partial charge in [-0.1, -0.05) is 6.42 Å². The van der Waals surface area contributed by atoms with Crippen molar-refractivity contribution >= 4 is 55.8 Å². The van der Waals surface area contributed by atoms with E-state index in [0.717, 1.165) is 63.5 Å². The van der Waals surface area contributed by atoms with Crippen LogP contribution in [0.2, 0.25) is 0 Å². The molecule has 0 aliphatic heterocycles. The predicted octanol–water partition coefficient (Wildman–Crippen LogP) is 5.87. The monoisotopic (exact) mass is 474 g/mol. The molecule has 2 aromatic heterocycles. The van der Waals surface area contributed by atoms with Crippen LogP contribution in [0.5, 0.6) is 0 Å². The number of benzene rings is 2. The lowest BCUT2D eigenvalue weighted by Gasteiger charge is -2.23. The third-order valence-electron chi connectivity index (χ3n) is 7.60. The number of nitrogens with zero attached hydrogens (tertiary/aromatic N) is 3. The average Bonchev–Trinajstić information content (AvgIpc) is 3.63. The van der Waals surface area contributed by atoms with Crippen LogP contribution >= 0.6 is 11.3 Å². The molecule has 2 fully saturated rings. The summed E-state index contributed by atoms with van der Waals surface area (Å²) in [5.41, 5.74) is 6.86. The number of imidazole rings is 1. The Kier molecular flexibility index (Phi) is 5.40. The van der Waals surface area contributed by atoms with E-state index in [-0.39, 0.29) is 5.91 Å². The van der Waals surface area contributed by atoms with Crippen LogP contribution < -0.4 is 15.5 Å². The molecule has 2 heterocycles. The molecule has 4 aromatic rings. The average molecular weight is 475 g/mol. The van der Waals surface area contributed by atoms with Crippen LogP contribution in [0.15, 0.2) is 35.8 Å². The lowest BCUT2D eigenvalue weighted by Crippen LogP contribution is -2.26. The second-order valence-electron chi connectivity index (χ2n) is 9.56. The molecule has 2 bridgehead atoms. The minimum Gasteiger partial charge on any atom is -0.371 e. The number of amides is 1. The Labute approximate surface area is 203 Å². The van der Waals surface area contributed by atoms with Crippen molar-refractivity contribution in [2.75, 3.05) is 28.6 Å². The zero-order valence-corrected chi connectivity index (χ0v) is 20.4. The highest BCUT2D eigenvalue weighted by atomic mass is 32.1. The number of fused-ring (bicyclic) bond motifs is 4. The van der Waals surface area contributed by atoms with Crippen LogP contribution in [0.3, 0.4) is 0 Å². The van der Waals surface area contributed by atoms with Gasteiger partial charge in [0.1, 0.15) is 0 Å². The number of thiazole rings is 1. The highest BCUT2D eigenvalue weighted by molar-refractivity contribution is 7.16. The summed E-state index contributed by atoms with van der Waals surface area (Å²) < 4.78 is 1.06. The summed E-state index contributed by atoms with van der Waals surface area (Å²) in [4.78, 5) is 28.3. The number of nitrogens with one attached hydrogen (secondary N) is 3. The van der Waals surface area contributed by atoms with Crippen molar-refractivity contribution in [2.24, 2.45) is 11.8 Å². The molecule has 3 N–H and O–H groups in total. The Morgan fingerprint density at radius 3 is 2.79 bits per heavy atom. The molecule has 0 saturated heterocycles. The largest absolute Gasteiger partial charge is 0.371 e. The van der Waals surface area contributed by atoms with Gasteiger partial charge in [-0.2, -0.15) is 0 Å². The van der Waals surface area contributed by atoms with Crippen LogP contribution in [0.25, 0.3) is 21.3 Å². The summed E-state index contributed by atoms with van der Waals surface area (Å²) in [6, 6.07) is 10.3. The molecule has 0 radical (unpaired) electrons. The fourth-order valence-corrected chi connectivity index (χ4v) is 6.57. The minimum atomic E-state index is -0.120. The van der Waals surface area contributed by atoms with Crippen LogP contribution in [0.4, 0.5) is 17.3 Å². The number of H-pyrrole nitrogens is 1. The van der Waals surface area contributed by atoms with Gasteiger partial charge in [0.05, 0.1) is 38.0 Å². The van der Waals surface area contributed by atoms with E-state index in [4.69, 9.17) is 4.98 Å². The van der Waals surface area contributed by atoms with E-state index < -0.39 is 0 Å². The van der Waals surface area contributed by atoms with E-state index in [2.05, 4.69) is 39.3 Å². The molecular weight excluding hydrogens is 444 g/mol. The third kappa shape index (κ3) is 3.79. The van der Waals surface area contributed by atoms with Gasteiger partial charge in [0.25, 0.3) is 5.91 Å². The molecular formula is C26H30N6OS. The Morgan fingerprint density at radius 2 is 2.03 bits per heavy atom. The first-order valence-electron chi connectivity index (χ1n) is 12.3. The first kappa shape index (κ1) is 21.4. The van der Waals surface area contributed by atoms with Crippen molar-refractivity contribution in [1.29, 1.82) is 0 Å². The van der Waals surface area contributed by atoms with Crippen LogP contribution in [0.1, 0.15) is 49.9 Å². The predicted molar refractivity (Wildman–Crippen MR) is 140 cm³/mol. The number of aromatic amines is 1. The molecule has 2 aliphatic carbocycles. The fraction of sp³-hybridized carbons (Fsp3) is 0.423. The molecule has 8 heteroatoms. The molecule has 7 nitrogen and oxygen atoms in total. The highest BCUT2D eigenvalue weighted by Crippen LogP contribution is 2.45. The second kappa shape index (κ2) is 8.58. The molecule has 3 atom stereocenters. The van der Waals surface area contributed by atoms with E-state index in [1.54, 1.807) is 11.3 Å². The van der Waals surface area contributed by atoms with E-state index in [0.29, 0.717) is 11.6 Å². The standard InChI is InChI=1S/C26H30N6OS/c1-3-32(4-2)23-13-22-21(30-26(31-22)29-20-10-15-5-6-16(20)9-15)12-18(23)25(33)28-17-7-8-19-24(11-17)34-14-27-19/h7-8,11-16,20H,3-6,9-10H2,1-2H3,(H,28,33)(H2,29,30,31). The fourth-order valence-electron chi connectivity index (χ4n) is 5.85. The molecule has 0 spiro atoms. The van der Waals surface area contributed by atoms with Crippen molar-refractivity contribution in [1.82, 2.24) is 15.0 Å². The van der Waals surface area contributed by atoms with Gasteiger partial charge in [-0.15, -0.1) is 11.3 Å². The van der Waals surface area contributed by atoms with Gasteiger partial charge in [-0.05, 0) is 75.3 Å². The van der Waals surface area contributed by atoms with Crippen molar-refractivity contribution < 1.29 is 4.79 Å². The van der Waals surface area contributed by atoms with Crippen molar-refractivity contribution in [3.63, 3.8) is 0 Å². The maximum absolute atomic E-state index is 13.5. The lowest BCUT2D eigenvalue weighted by molar-refractivity contribution is 0.102. The van der Waals surface area contributed by atoms with Crippen LogP contribution in [0, 0.1) is 11.8 Å². The van der Waals surface area contributed by atoms with E-state index in [1.165, 1.54) is 25.7 Å². The Bertz CT molecular complexity index is 1360. The summed E-state index contributed by atoms with van der Waals surface area (Å²) in [5.74, 6) is 2.33. The number of hydrogen-bond donors (Lipinski definition) is 3. The maximum atomic E-state index is 13.5. The summed E-state index contributed by atoms with van der Waals surface area (Å²) in [6.07, 6.45) is 5.29. The number of anilines is 3. The molecule has 2 saturated carbocycles. The van der Waals surface area contributed by atoms with Gasteiger partial charge < -0.3 is 20.5 Å². The minimum absolute atomic E-state index is 0.120. The number of aromatic nitrogens is 3. The summed E-state index contributed by atoms with van der Waals surface area (Å²) >= 11 is 1.57. The van der Waals surface area contributed by atoms with Gasteiger partial charge >= 0.3 is 0 Å². The molecule has 1 amide bonds. The van der Waals surface area contributed by atoms with E-state index >= 15 is 0 Å². The zero-order chi connectivity index (χ0) is 23.2. The topological polar surface area (TPSA) is 85.9 Å². The summed E-state index contributed by atoms with van der Waals surface area (Å²) in [6.45, 7) is 5.85. The van der Waals surface area contributed by atoms with Crippen molar-refractivity contribution in [2.45, 2.75) is 45.6 Å². The van der Waals surface area contributed by atoms with Crippen LogP contribution in [-0.2, 0) is 0 Å². The molecule has 3 unspecified atom stereocenters.